The second kappa shape index (κ2) is 5.18. The summed E-state index contributed by atoms with van der Waals surface area (Å²) in [5, 5.41) is 8.81. The second-order valence-corrected chi connectivity index (χ2v) is 3.46. The van der Waals surface area contributed by atoms with Gasteiger partial charge in [-0.15, -0.1) is 0 Å². The van der Waals surface area contributed by atoms with Crippen LogP contribution in [0, 0.1) is 0 Å². The number of rotatable bonds is 4. The number of benzene rings is 1. The van der Waals surface area contributed by atoms with Crippen molar-refractivity contribution in [3.8, 4) is 17.2 Å². The van der Waals surface area contributed by atoms with Gasteiger partial charge >= 0.3 is 5.97 Å². The van der Waals surface area contributed by atoms with E-state index in [0.29, 0.717) is 11.5 Å². The fourth-order valence-electron chi connectivity index (χ4n) is 1.37. The average Bonchev–Trinajstić information content (AvgIpc) is 2.40. The molecular formula is C13H11NO4. The maximum Gasteiger partial charge on any atom is 0.354 e. The molecule has 0 aliphatic heterocycles. The van der Waals surface area contributed by atoms with Crippen LogP contribution in [-0.4, -0.2) is 23.2 Å². The number of ether oxygens (including phenoxy) is 2. The van der Waals surface area contributed by atoms with Crippen molar-refractivity contribution in [3.05, 3.63) is 48.3 Å². The number of aromatic carboxylic acids is 1. The highest BCUT2D eigenvalue weighted by Gasteiger charge is 2.06. The van der Waals surface area contributed by atoms with Gasteiger partial charge in [-0.3, -0.25) is 0 Å². The summed E-state index contributed by atoms with van der Waals surface area (Å²) in [5.41, 5.74) is -0.0546. The van der Waals surface area contributed by atoms with E-state index >= 15 is 0 Å². The number of hydrogen-bond donors (Lipinski definition) is 1. The van der Waals surface area contributed by atoms with Crippen molar-refractivity contribution in [2.75, 3.05) is 7.11 Å². The average molecular weight is 245 g/mol. The Morgan fingerprint density at radius 3 is 2.39 bits per heavy atom. The predicted octanol–water partition coefficient (Wildman–Crippen LogP) is 2.58. The molecule has 0 fully saturated rings. The SMILES string of the molecule is COc1ccc(Oc2ccnc(C(=O)O)c2)cc1. The fraction of sp³-hybridized carbons (Fsp3) is 0.0769. The van der Waals surface area contributed by atoms with Crippen LogP contribution in [0.25, 0.3) is 0 Å². The first-order chi connectivity index (χ1) is 8.69. The van der Waals surface area contributed by atoms with E-state index in [4.69, 9.17) is 14.6 Å². The first-order valence-electron chi connectivity index (χ1n) is 5.20. The van der Waals surface area contributed by atoms with E-state index in [2.05, 4.69) is 4.98 Å². The summed E-state index contributed by atoms with van der Waals surface area (Å²) in [4.78, 5) is 14.5. The van der Waals surface area contributed by atoms with Gasteiger partial charge in [-0.25, -0.2) is 9.78 Å². The van der Waals surface area contributed by atoms with Gasteiger partial charge in [-0.2, -0.15) is 0 Å². The molecule has 5 nitrogen and oxygen atoms in total. The van der Waals surface area contributed by atoms with Gasteiger partial charge in [-0.1, -0.05) is 0 Å². The third kappa shape index (κ3) is 2.76. The van der Waals surface area contributed by atoms with Crippen molar-refractivity contribution >= 4 is 5.97 Å². The normalized spacial score (nSPS) is 9.83. The van der Waals surface area contributed by atoms with Gasteiger partial charge in [0, 0.05) is 12.3 Å². The van der Waals surface area contributed by atoms with Crippen molar-refractivity contribution in [2.24, 2.45) is 0 Å². The molecule has 0 unspecified atom stereocenters. The number of methoxy groups -OCH3 is 1. The van der Waals surface area contributed by atoms with Crippen LogP contribution in [0.1, 0.15) is 10.5 Å². The summed E-state index contributed by atoms with van der Waals surface area (Å²) < 4.78 is 10.5. The van der Waals surface area contributed by atoms with E-state index in [-0.39, 0.29) is 5.69 Å². The molecule has 5 heteroatoms. The number of nitrogens with zero attached hydrogens (tertiary/aromatic N) is 1. The van der Waals surface area contributed by atoms with Crippen LogP contribution >= 0.6 is 0 Å². The van der Waals surface area contributed by atoms with Crippen molar-refractivity contribution in [1.82, 2.24) is 4.98 Å². The minimum atomic E-state index is -1.09. The third-order valence-electron chi connectivity index (χ3n) is 2.25. The summed E-state index contributed by atoms with van der Waals surface area (Å²) in [6.45, 7) is 0. The van der Waals surface area contributed by atoms with E-state index in [1.54, 1.807) is 37.4 Å². The largest absolute Gasteiger partial charge is 0.497 e. The number of carbonyl (C=O) groups is 1. The van der Waals surface area contributed by atoms with Crippen LogP contribution < -0.4 is 9.47 Å². The minimum Gasteiger partial charge on any atom is -0.497 e. The van der Waals surface area contributed by atoms with Crippen LogP contribution in [0.4, 0.5) is 0 Å². The Labute approximate surface area is 104 Å². The second-order valence-electron chi connectivity index (χ2n) is 3.46. The first-order valence-corrected chi connectivity index (χ1v) is 5.20. The molecule has 0 saturated carbocycles. The molecule has 1 N–H and O–H groups in total. The summed E-state index contributed by atoms with van der Waals surface area (Å²) in [6, 6.07) is 9.95. The van der Waals surface area contributed by atoms with E-state index in [0.717, 1.165) is 5.75 Å². The van der Waals surface area contributed by atoms with E-state index < -0.39 is 5.97 Å². The summed E-state index contributed by atoms with van der Waals surface area (Å²) in [6.07, 6.45) is 1.39. The molecule has 18 heavy (non-hydrogen) atoms. The van der Waals surface area contributed by atoms with Crippen LogP contribution in [-0.2, 0) is 0 Å². The molecule has 0 saturated heterocycles. The zero-order valence-electron chi connectivity index (χ0n) is 9.66. The predicted molar refractivity (Wildman–Crippen MR) is 64.3 cm³/mol. The Bertz CT molecular complexity index is 551. The smallest absolute Gasteiger partial charge is 0.354 e. The topological polar surface area (TPSA) is 68.7 Å². The van der Waals surface area contributed by atoms with Crippen LogP contribution in [0.15, 0.2) is 42.6 Å². The molecule has 1 aromatic heterocycles. The van der Waals surface area contributed by atoms with Gasteiger partial charge in [0.05, 0.1) is 7.11 Å². The van der Waals surface area contributed by atoms with Gasteiger partial charge < -0.3 is 14.6 Å². The Morgan fingerprint density at radius 1 is 1.11 bits per heavy atom. The van der Waals surface area contributed by atoms with Gasteiger partial charge in [-0.05, 0) is 30.3 Å². The van der Waals surface area contributed by atoms with Crippen molar-refractivity contribution in [1.29, 1.82) is 0 Å². The van der Waals surface area contributed by atoms with Crippen LogP contribution in [0.5, 0.6) is 17.2 Å². The highest BCUT2D eigenvalue weighted by molar-refractivity contribution is 5.85. The maximum atomic E-state index is 10.8. The quantitative estimate of drug-likeness (QED) is 0.896. The van der Waals surface area contributed by atoms with Gasteiger partial charge in [0.25, 0.3) is 0 Å². The lowest BCUT2D eigenvalue weighted by atomic mass is 10.3. The number of carboxylic acid groups (broad SMARTS) is 1. The van der Waals surface area contributed by atoms with Crippen LogP contribution in [0.2, 0.25) is 0 Å². The van der Waals surface area contributed by atoms with Gasteiger partial charge in [0.15, 0.2) is 5.69 Å². The zero-order chi connectivity index (χ0) is 13.0. The summed E-state index contributed by atoms with van der Waals surface area (Å²) in [7, 11) is 1.58. The molecule has 0 spiro atoms. The Balaban J connectivity index is 2.17. The Hall–Kier alpha value is -2.56. The molecule has 0 bridgehead atoms. The molecule has 0 radical (unpaired) electrons. The van der Waals surface area contributed by atoms with Gasteiger partial charge in [0.1, 0.15) is 17.2 Å². The monoisotopic (exact) mass is 245 g/mol. The Morgan fingerprint density at radius 2 is 1.78 bits per heavy atom. The molecule has 0 aliphatic rings. The number of aromatic nitrogens is 1. The first kappa shape index (κ1) is 11.9. The van der Waals surface area contributed by atoms with Crippen molar-refractivity contribution in [3.63, 3.8) is 0 Å². The Kier molecular flexibility index (Phi) is 3.43. The molecule has 92 valence electrons. The maximum absolute atomic E-state index is 10.8. The highest BCUT2D eigenvalue weighted by atomic mass is 16.5. The van der Waals surface area contributed by atoms with E-state index in [1.807, 2.05) is 0 Å². The lowest BCUT2D eigenvalue weighted by molar-refractivity contribution is 0.0690. The zero-order valence-corrected chi connectivity index (χ0v) is 9.66. The molecule has 2 aromatic rings. The standard InChI is InChI=1S/C13H11NO4/c1-17-9-2-4-10(5-3-9)18-11-6-7-14-12(8-11)13(15)16/h2-8H,1H3,(H,15,16). The van der Waals surface area contributed by atoms with Crippen molar-refractivity contribution < 1.29 is 19.4 Å². The summed E-state index contributed by atoms with van der Waals surface area (Å²) in [5.74, 6) is 0.657. The lowest BCUT2D eigenvalue weighted by Gasteiger charge is -2.06. The molecule has 1 aromatic carbocycles. The van der Waals surface area contributed by atoms with E-state index in [1.165, 1.54) is 12.3 Å². The van der Waals surface area contributed by atoms with Gasteiger partial charge in [0.2, 0.25) is 0 Å². The number of hydrogen-bond acceptors (Lipinski definition) is 4. The molecule has 2 rings (SSSR count). The molecular weight excluding hydrogens is 234 g/mol. The summed E-state index contributed by atoms with van der Waals surface area (Å²) >= 11 is 0. The number of carboxylic acids is 1. The lowest BCUT2D eigenvalue weighted by Crippen LogP contribution is -1.99. The van der Waals surface area contributed by atoms with E-state index in [9.17, 15) is 4.79 Å². The minimum absolute atomic E-state index is 0.0546. The number of pyridine rings is 1. The third-order valence-corrected chi connectivity index (χ3v) is 2.25. The molecule has 0 aliphatic carbocycles. The molecule has 0 amide bonds. The molecule has 0 atom stereocenters. The molecule has 1 heterocycles. The van der Waals surface area contributed by atoms with Crippen molar-refractivity contribution in [2.45, 2.75) is 0 Å². The fourth-order valence-corrected chi connectivity index (χ4v) is 1.37. The van der Waals surface area contributed by atoms with Crippen LogP contribution in [0.3, 0.4) is 0 Å². The highest BCUT2D eigenvalue weighted by Crippen LogP contribution is 2.23.